The maximum Gasteiger partial charge on any atom is 0.352 e. The van der Waals surface area contributed by atoms with Crippen molar-refractivity contribution in [2.75, 3.05) is 11.5 Å². The molecule has 0 spiro atoms. The molecule has 2 aliphatic rings. The summed E-state index contributed by atoms with van der Waals surface area (Å²) in [5, 5.41) is 11.2. The number of anilines is 1. The Kier molecular flexibility index (Phi) is 4.46. The Morgan fingerprint density at radius 3 is 2.88 bits per heavy atom. The number of thioether (sulfide) groups is 1. The predicted molar refractivity (Wildman–Crippen MR) is 91.3 cm³/mol. The van der Waals surface area contributed by atoms with E-state index in [1.807, 2.05) is 0 Å². The summed E-state index contributed by atoms with van der Waals surface area (Å²) in [4.78, 5) is 41.3. The number of hydrogen-bond donors (Lipinski definition) is 2. The molecule has 126 valence electrons. The quantitative estimate of drug-likeness (QED) is 0.730. The van der Waals surface area contributed by atoms with Gasteiger partial charge < -0.3 is 10.8 Å². The Bertz CT molecular complexity index is 771. The number of nitrogens with zero attached hydrogens (tertiary/aromatic N) is 2. The van der Waals surface area contributed by atoms with Gasteiger partial charge in [-0.3, -0.25) is 14.5 Å². The largest absolute Gasteiger partial charge is 0.477 e. The van der Waals surface area contributed by atoms with Crippen LogP contribution in [0.2, 0.25) is 0 Å². The lowest BCUT2D eigenvalue weighted by Gasteiger charge is -2.49. The van der Waals surface area contributed by atoms with Crippen LogP contribution in [0.5, 0.6) is 0 Å². The van der Waals surface area contributed by atoms with Crippen LogP contribution in [0.3, 0.4) is 0 Å². The fraction of sp³-hybridized carbons (Fsp3) is 0.333. The van der Waals surface area contributed by atoms with Gasteiger partial charge in [0, 0.05) is 24.0 Å². The number of amides is 1. The molecule has 1 aromatic heterocycles. The summed E-state index contributed by atoms with van der Waals surface area (Å²) in [5.74, 6) is -1.60. The first-order valence-electron chi connectivity index (χ1n) is 7.17. The minimum absolute atomic E-state index is 0.0188. The molecule has 3 heterocycles. The molecule has 0 aliphatic carbocycles. The first-order chi connectivity index (χ1) is 11.4. The van der Waals surface area contributed by atoms with E-state index in [0.29, 0.717) is 22.2 Å². The second kappa shape index (κ2) is 6.40. The van der Waals surface area contributed by atoms with Crippen LogP contribution in [-0.2, 0) is 20.8 Å². The Morgan fingerprint density at radius 2 is 2.29 bits per heavy atom. The average Bonchev–Trinajstić information content (AvgIpc) is 2.95. The number of hydrogen-bond acceptors (Lipinski definition) is 7. The highest BCUT2D eigenvalue weighted by Crippen LogP contribution is 2.45. The van der Waals surface area contributed by atoms with E-state index in [1.54, 1.807) is 5.38 Å². The van der Waals surface area contributed by atoms with Gasteiger partial charge in [0.05, 0.1) is 17.0 Å². The molecule has 1 aromatic rings. The molecule has 0 radical (unpaired) electrons. The fourth-order valence-corrected chi connectivity index (χ4v) is 4.83. The minimum Gasteiger partial charge on any atom is -0.477 e. The number of carbonyl (C=O) groups excluding carboxylic acids is 2. The van der Waals surface area contributed by atoms with Crippen LogP contribution in [0.4, 0.5) is 5.13 Å². The number of thiazole rings is 1. The normalized spacial score (nSPS) is 22.8. The number of β-lactam (4-membered cyclic amide) rings is 1. The van der Waals surface area contributed by atoms with Crippen molar-refractivity contribution in [3.05, 3.63) is 35.0 Å². The van der Waals surface area contributed by atoms with Crippen LogP contribution < -0.4 is 5.73 Å². The van der Waals surface area contributed by atoms with E-state index in [9.17, 15) is 19.5 Å². The number of carboxylic acids is 1. The number of carbonyl (C=O) groups is 3. The molecule has 3 N–H and O–H groups in total. The molecule has 1 fully saturated rings. The van der Waals surface area contributed by atoms with Gasteiger partial charge in [-0.15, -0.1) is 23.1 Å². The summed E-state index contributed by atoms with van der Waals surface area (Å²) >= 11 is 2.72. The number of rotatable bonds is 6. The summed E-state index contributed by atoms with van der Waals surface area (Å²) < 4.78 is 0. The average molecular weight is 365 g/mol. The van der Waals surface area contributed by atoms with Crippen LogP contribution in [-0.4, -0.2) is 43.8 Å². The molecule has 1 amide bonds. The zero-order chi connectivity index (χ0) is 17.4. The highest BCUT2D eigenvalue weighted by Gasteiger charge is 2.53. The number of aromatic nitrogens is 1. The Labute approximate surface area is 146 Å². The van der Waals surface area contributed by atoms with E-state index in [-0.39, 0.29) is 35.6 Å². The third kappa shape index (κ3) is 2.84. The third-order valence-electron chi connectivity index (χ3n) is 3.95. The van der Waals surface area contributed by atoms with Crippen LogP contribution in [0, 0.1) is 5.92 Å². The highest BCUT2D eigenvalue weighted by molar-refractivity contribution is 8.00. The van der Waals surface area contributed by atoms with Crippen LogP contribution >= 0.6 is 23.1 Å². The van der Waals surface area contributed by atoms with E-state index >= 15 is 0 Å². The van der Waals surface area contributed by atoms with Gasteiger partial charge in [0.15, 0.2) is 5.13 Å². The van der Waals surface area contributed by atoms with Gasteiger partial charge in [0.1, 0.15) is 11.5 Å². The van der Waals surface area contributed by atoms with Gasteiger partial charge in [-0.1, -0.05) is 12.7 Å². The predicted octanol–water partition coefficient (Wildman–Crippen LogP) is 1.28. The van der Waals surface area contributed by atoms with Gasteiger partial charge in [-0.05, 0) is 5.57 Å². The van der Waals surface area contributed by atoms with Crippen LogP contribution in [0.1, 0.15) is 12.1 Å². The van der Waals surface area contributed by atoms with Gasteiger partial charge in [0.2, 0.25) is 5.91 Å². The maximum atomic E-state index is 12.4. The first kappa shape index (κ1) is 16.7. The molecule has 2 atom stereocenters. The summed E-state index contributed by atoms with van der Waals surface area (Å²) in [6, 6.07) is 0. The van der Waals surface area contributed by atoms with E-state index < -0.39 is 11.9 Å². The molecule has 7 nitrogen and oxygen atoms in total. The molecule has 0 bridgehead atoms. The molecular weight excluding hydrogens is 350 g/mol. The summed E-state index contributed by atoms with van der Waals surface area (Å²) in [5.41, 5.74) is 6.64. The minimum atomic E-state index is -1.15. The maximum absolute atomic E-state index is 12.4. The van der Waals surface area contributed by atoms with Crippen molar-refractivity contribution in [1.29, 1.82) is 0 Å². The number of aliphatic carboxylic acids is 1. The standard InChI is InChI=1S/C15H15N3O4S2/c1-2-7-5-23-13-10(12(20)18(13)11(7)14(21)22)4-9(19)3-8-6-24-15(16)17-8/h2,6,10,13H,1,3-5H2,(H2,16,17)(H,21,22). The molecule has 0 aromatic carbocycles. The van der Waals surface area contributed by atoms with Crippen molar-refractivity contribution in [2.45, 2.75) is 18.2 Å². The van der Waals surface area contributed by atoms with Gasteiger partial charge in [-0.2, -0.15) is 0 Å². The zero-order valence-electron chi connectivity index (χ0n) is 12.6. The highest BCUT2D eigenvalue weighted by atomic mass is 32.2. The summed E-state index contributed by atoms with van der Waals surface area (Å²) in [6.45, 7) is 3.60. The number of Topliss-reactive ketones (excluding diaryl/α,β-unsaturated/α-hetero) is 1. The molecule has 3 rings (SSSR count). The molecule has 24 heavy (non-hydrogen) atoms. The van der Waals surface area contributed by atoms with Crippen molar-refractivity contribution in [3.8, 4) is 0 Å². The Hall–Kier alpha value is -2.13. The van der Waals surface area contributed by atoms with Crippen molar-refractivity contribution in [1.82, 2.24) is 9.88 Å². The van der Waals surface area contributed by atoms with Crippen LogP contribution in [0.15, 0.2) is 29.3 Å². The SMILES string of the molecule is C=CC1=C(C(=O)O)N2C(=O)C(CC(=O)Cc3csc(N)n3)C2SC1. The molecule has 0 saturated carbocycles. The fourth-order valence-electron chi connectivity index (χ4n) is 2.86. The van der Waals surface area contributed by atoms with Gasteiger partial charge in [0.25, 0.3) is 0 Å². The number of fused-ring (bicyclic) bond motifs is 1. The Morgan fingerprint density at radius 1 is 1.54 bits per heavy atom. The number of nitrogens with two attached hydrogens (primary N) is 1. The first-order valence-corrected chi connectivity index (χ1v) is 9.10. The number of ketones is 1. The van der Waals surface area contributed by atoms with Crippen molar-refractivity contribution in [3.63, 3.8) is 0 Å². The Balaban J connectivity index is 1.69. The lowest BCUT2D eigenvalue weighted by molar-refractivity contribution is -0.153. The molecule has 2 aliphatic heterocycles. The lowest BCUT2D eigenvalue weighted by atomic mass is 9.89. The second-order valence-electron chi connectivity index (χ2n) is 5.50. The third-order valence-corrected chi connectivity index (χ3v) is 6.03. The lowest BCUT2D eigenvalue weighted by Crippen LogP contribution is -2.61. The van der Waals surface area contributed by atoms with E-state index in [2.05, 4.69) is 11.6 Å². The van der Waals surface area contributed by atoms with Gasteiger partial charge >= 0.3 is 5.97 Å². The summed E-state index contributed by atoms with van der Waals surface area (Å²) in [6.07, 6.45) is 1.68. The molecular formula is C15H15N3O4S2. The van der Waals surface area contributed by atoms with E-state index in [1.165, 1.54) is 34.1 Å². The van der Waals surface area contributed by atoms with Crippen LogP contribution in [0.25, 0.3) is 0 Å². The molecule has 1 saturated heterocycles. The van der Waals surface area contributed by atoms with Crippen molar-refractivity contribution in [2.24, 2.45) is 5.92 Å². The second-order valence-corrected chi connectivity index (χ2v) is 7.49. The number of nitrogen functional groups attached to an aromatic ring is 1. The van der Waals surface area contributed by atoms with E-state index in [0.717, 1.165) is 0 Å². The number of carboxylic acid groups (broad SMARTS) is 1. The topological polar surface area (TPSA) is 114 Å². The van der Waals surface area contributed by atoms with Crippen molar-refractivity contribution < 1.29 is 19.5 Å². The van der Waals surface area contributed by atoms with Crippen molar-refractivity contribution >= 4 is 45.9 Å². The molecule has 9 heteroatoms. The zero-order valence-corrected chi connectivity index (χ0v) is 14.2. The van der Waals surface area contributed by atoms with Gasteiger partial charge in [-0.25, -0.2) is 9.78 Å². The van der Waals surface area contributed by atoms with E-state index in [4.69, 9.17) is 5.73 Å². The smallest absolute Gasteiger partial charge is 0.352 e. The number of allylic oxidation sites excluding steroid dienone is 1. The summed E-state index contributed by atoms with van der Waals surface area (Å²) in [7, 11) is 0. The monoisotopic (exact) mass is 365 g/mol. The molecule has 2 unspecified atom stereocenters.